The predicted molar refractivity (Wildman–Crippen MR) is 111 cm³/mol. The smallest absolute Gasteiger partial charge is 0.227 e. The number of carbonyl (C=O) groups is 1. The molecule has 0 radical (unpaired) electrons. The van der Waals surface area contributed by atoms with Gasteiger partial charge in [-0.15, -0.1) is 0 Å². The summed E-state index contributed by atoms with van der Waals surface area (Å²) in [5.41, 5.74) is 2.31. The lowest BCUT2D eigenvalue weighted by Crippen LogP contribution is -2.57. The Balaban J connectivity index is 0.00000261. The summed E-state index contributed by atoms with van der Waals surface area (Å²) >= 11 is 6.11. The highest BCUT2D eigenvalue weighted by molar-refractivity contribution is 6.30. The largest absolute Gasteiger partial charge is 0.412 e. The van der Waals surface area contributed by atoms with Crippen LogP contribution in [-0.2, 0) is 17.8 Å². The van der Waals surface area contributed by atoms with Crippen molar-refractivity contribution in [1.29, 1.82) is 0 Å². The molecule has 0 spiro atoms. The van der Waals surface area contributed by atoms with Crippen LogP contribution >= 0.6 is 11.6 Å². The normalized spacial score (nSPS) is 17.6. The molecular weight excluding hydrogens is 360 g/mol. The first-order valence-corrected chi connectivity index (χ1v) is 9.71. The summed E-state index contributed by atoms with van der Waals surface area (Å²) in [7, 11) is 0. The maximum absolute atomic E-state index is 12.9. The van der Waals surface area contributed by atoms with Gasteiger partial charge in [-0.1, -0.05) is 67.9 Å². The minimum atomic E-state index is 0. The van der Waals surface area contributed by atoms with Gasteiger partial charge in [0.05, 0.1) is 6.42 Å². The molecule has 3 rings (SSSR count). The summed E-state index contributed by atoms with van der Waals surface area (Å²) in [4.78, 5) is 17.4. The predicted octanol–water partition coefficient (Wildman–Crippen LogP) is 3.43. The summed E-state index contributed by atoms with van der Waals surface area (Å²) in [5.74, 6) is 0.661. The van der Waals surface area contributed by atoms with Gasteiger partial charge in [-0.05, 0) is 29.2 Å². The number of nitrogens with zero attached hydrogens (tertiary/aromatic N) is 2. The average molecular weight is 389 g/mol. The molecule has 1 aliphatic heterocycles. The van der Waals surface area contributed by atoms with Gasteiger partial charge >= 0.3 is 0 Å². The zero-order valence-corrected chi connectivity index (χ0v) is 16.8. The van der Waals surface area contributed by atoms with Crippen molar-refractivity contribution < 1.29 is 10.3 Å². The molecule has 2 aromatic carbocycles. The summed E-state index contributed by atoms with van der Waals surface area (Å²) in [6.45, 7) is 7.88. The third kappa shape index (κ3) is 5.80. The number of carbonyl (C=O) groups excluding carboxylic acids is 1. The minimum Gasteiger partial charge on any atom is -0.412 e. The molecule has 1 heterocycles. The van der Waals surface area contributed by atoms with Crippen molar-refractivity contribution in [2.45, 2.75) is 32.9 Å². The maximum atomic E-state index is 12.9. The third-order valence-electron chi connectivity index (χ3n) is 5.09. The Bertz CT molecular complexity index is 736. The lowest BCUT2D eigenvalue weighted by molar-refractivity contribution is -0.136. The van der Waals surface area contributed by atoms with E-state index >= 15 is 0 Å². The molecule has 146 valence electrons. The number of benzene rings is 2. The molecule has 1 aliphatic rings. The van der Waals surface area contributed by atoms with Crippen LogP contribution in [0, 0.1) is 5.92 Å². The first-order chi connectivity index (χ1) is 12.5. The molecule has 1 amide bonds. The summed E-state index contributed by atoms with van der Waals surface area (Å²) in [5, 5.41) is 0.777. The van der Waals surface area contributed by atoms with E-state index in [1.165, 1.54) is 5.56 Å². The fraction of sp³-hybridized carbons (Fsp3) is 0.409. The summed E-state index contributed by atoms with van der Waals surface area (Å²) < 4.78 is 0. The Kier molecular flexibility index (Phi) is 7.84. The van der Waals surface area contributed by atoms with E-state index in [-0.39, 0.29) is 17.4 Å². The van der Waals surface area contributed by atoms with E-state index in [1.807, 2.05) is 48.5 Å². The Hall–Kier alpha value is -1.88. The van der Waals surface area contributed by atoms with Crippen LogP contribution < -0.4 is 0 Å². The van der Waals surface area contributed by atoms with Crippen molar-refractivity contribution in [2.75, 3.05) is 19.6 Å². The standard InChI is InChI=1S/C22H27ClN2O.H2O/c1-17(2)21-16-24(15-19-9-6-10-20(23)13-19)11-12-25(21)22(26)14-18-7-4-3-5-8-18;/h3-10,13,17,21H,11-12,14-16H2,1-2H3;1H2/t21-;/m1./s1. The van der Waals surface area contributed by atoms with Crippen LogP contribution in [0.3, 0.4) is 0 Å². The molecule has 2 aromatic rings. The van der Waals surface area contributed by atoms with Gasteiger partial charge in [0.1, 0.15) is 0 Å². The summed E-state index contributed by atoms with van der Waals surface area (Å²) in [6, 6.07) is 18.3. The first kappa shape index (κ1) is 21.4. The van der Waals surface area contributed by atoms with Gasteiger partial charge in [0.2, 0.25) is 5.91 Å². The first-order valence-electron chi connectivity index (χ1n) is 9.33. The molecular formula is C22H29ClN2O2. The van der Waals surface area contributed by atoms with Crippen molar-refractivity contribution >= 4 is 17.5 Å². The van der Waals surface area contributed by atoms with Gasteiger partial charge in [-0.3, -0.25) is 9.69 Å². The molecule has 0 aliphatic carbocycles. The number of rotatable bonds is 5. The number of hydrogen-bond donors (Lipinski definition) is 0. The van der Waals surface area contributed by atoms with E-state index in [9.17, 15) is 4.79 Å². The van der Waals surface area contributed by atoms with Gasteiger partial charge in [-0.25, -0.2) is 0 Å². The third-order valence-corrected chi connectivity index (χ3v) is 5.32. The van der Waals surface area contributed by atoms with E-state index in [2.05, 4.69) is 29.7 Å². The lowest BCUT2D eigenvalue weighted by Gasteiger charge is -2.43. The molecule has 1 fully saturated rings. The molecule has 1 atom stereocenters. The van der Waals surface area contributed by atoms with Crippen LogP contribution in [0.5, 0.6) is 0 Å². The van der Waals surface area contributed by atoms with Crippen LogP contribution in [0.4, 0.5) is 0 Å². The molecule has 1 saturated heterocycles. The Morgan fingerprint density at radius 3 is 2.44 bits per heavy atom. The van der Waals surface area contributed by atoms with Gasteiger partial charge in [0, 0.05) is 37.2 Å². The van der Waals surface area contributed by atoms with Crippen LogP contribution in [0.25, 0.3) is 0 Å². The highest BCUT2D eigenvalue weighted by atomic mass is 35.5. The second-order valence-electron chi connectivity index (χ2n) is 7.43. The van der Waals surface area contributed by atoms with Crippen LogP contribution in [0.1, 0.15) is 25.0 Å². The Morgan fingerprint density at radius 2 is 1.78 bits per heavy atom. The van der Waals surface area contributed by atoms with E-state index in [4.69, 9.17) is 11.6 Å². The second-order valence-corrected chi connectivity index (χ2v) is 7.86. The topological polar surface area (TPSA) is 55.0 Å². The molecule has 0 bridgehead atoms. The Morgan fingerprint density at radius 1 is 1.07 bits per heavy atom. The van der Waals surface area contributed by atoms with E-state index in [0.29, 0.717) is 12.3 Å². The number of halogens is 1. The Labute approximate surface area is 167 Å². The van der Waals surface area contributed by atoms with Gasteiger partial charge in [0.25, 0.3) is 0 Å². The second kappa shape index (κ2) is 9.88. The lowest BCUT2D eigenvalue weighted by atomic mass is 9.98. The number of amides is 1. The van der Waals surface area contributed by atoms with E-state index in [1.54, 1.807) is 0 Å². The van der Waals surface area contributed by atoms with Crippen molar-refractivity contribution in [1.82, 2.24) is 9.80 Å². The number of piperazine rings is 1. The SMILES string of the molecule is CC(C)[C@H]1CN(Cc2cccc(Cl)c2)CCN1C(=O)Cc1ccccc1.O. The molecule has 4 nitrogen and oxygen atoms in total. The van der Waals surface area contributed by atoms with Crippen molar-refractivity contribution in [3.05, 3.63) is 70.7 Å². The van der Waals surface area contributed by atoms with Crippen LogP contribution in [0.15, 0.2) is 54.6 Å². The molecule has 0 aromatic heterocycles. The quantitative estimate of drug-likeness (QED) is 0.787. The zero-order valence-electron chi connectivity index (χ0n) is 16.1. The van der Waals surface area contributed by atoms with Gasteiger partial charge in [-0.2, -0.15) is 0 Å². The van der Waals surface area contributed by atoms with E-state index in [0.717, 1.165) is 36.8 Å². The van der Waals surface area contributed by atoms with Crippen molar-refractivity contribution in [3.63, 3.8) is 0 Å². The monoisotopic (exact) mass is 388 g/mol. The molecule has 27 heavy (non-hydrogen) atoms. The van der Waals surface area contributed by atoms with Crippen LogP contribution in [-0.4, -0.2) is 46.9 Å². The van der Waals surface area contributed by atoms with E-state index < -0.39 is 0 Å². The molecule has 0 unspecified atom stereocenters. The minimum absolute atomic E-state index is 0. The highest BCUT2D eigenvalue weighted by Gasteiger charge is 2.32. The molecule has 2 N–H and O–H groups in total. The highest BCUT2D eigenvalue weighted by Crippen LogP contribution is 2.21. The molecule has 5 heteroatoms. The van der Waals surface area contributed by atoms with Gasteiger partial charge in [0.15, 0.2) is 0 Å². The molecule has 0 saturated carbocycles. The van der Waals surface area contributed by atoms with Gasteiger partial charge < -0.3 is 10.4 Å². The fourth-order valence-electron chi connectivity index (χ4n) is 3.66. The fourth-order valence-corrected chi connectivity index (χ4v) is 3.87. The van der Waals surface area contributed by atoms with Crippen molar-refractivity contribution in [2.24, 2.45) is 5.92 Å². The van der Waals surface area contributed by atoms with Crippen LogP contribution in [0.2, 0.25) is 5.02 Å². The number of hydrogen-bond acceptors (Lipinski definition) is 2. The van der Waals surface area contributed by atoms with Crippen molar-refractivity contribution in [3.8, 4) is 0 Å². The maximum Gasteiger partial charge on any atom is 0.227 e. The summed E-state index contributed by atoms with van der Waals surface area (Å²) in [6.07, 6.45) is 0.484. The zero-order chi connectivity index (χ0) is 18.5. The average Bonchev–Trinajstić information content (AvgIpc) is 2.62.